The van der Waals surface area contributed by atoms with Crippen LogP contribution in [0.4, 0.5) is 13.2 Å². The molecule has 1 heterocycles. The van der Waals surface area contributed by atoms with Crippen LogP contribution in [0.1, 0.15) is 39.0 Å². The molecular weight excluding hydrogens is 287 g/mol. The Bertz CT molecular complexity index is 430. The summed E-state index contributed by atoms with van der Waals surface area (Å²) < 4.78 is 39.2. The summed E-state index contributed by atoms with van der Waals surface area (Å²) in [6.45, 7) is 1.21. The fraction of sp³-hybridized carbons (Fsp3) is 0.857. The van der Waals surface area contributed by atoms with Crippen LogP contribution in [0.3, 0.4) is 0 Å². The van der Waals surface area contributed by atoms with Crippen molar-refractivity contribution in [2.45, 2.75) is 45.2 Å². The molecule has 4 nitrogen and oxygen atoms in total. The van der Waals surface area contributed by atoms with Gasteiger partial charge in [-0.05, 0) is 38.0 Å². The predicted molar refractivity (Wildman–Crippen MR) is 68.4 cm³/mol. The van der Waals surface area contributed by atoms with Gasteiger partial charge in [-0.15, -0.1) is 0 Å². The molecule has 1 N–H and O–H groups in total. The molecule has 1 amide bonds. The van der Waals surface area contributed by atoms with Crippen molar-refractivity contribution in [2.75, 3.05) is 13.1 Å². The molecule has 0 aromatic heterocycles. The minimum absolute atomic E-state index is 0.128. The fourth-order valence-electron chi connectivity index (χ4n) is 3.29. The molecule has 1 unspecified atom stereocenters. The second kappa shape index (κ2) is 5.50. The van der Waals surface area contributed by atoms with Gasteiger partial charge in [-0.1, -0.05) is 6.92 Å². The average molecular weight is 307 g/mol. The lowest BCUT2D eigenvalue weighted by Crippen LogP contribution is -2.48. The van der Waals surface area contributed by atoms with Gasteiger partial charge in [-0.25, -0.2) is 0 Å². The molecule has 2 aliphatic rings. The molecule has 2 fully saturated rings. The highest BCUT2D eigenvalue weighted by atomic mass is 19.4. The number of nitrogens with zero attached hydrogens (tertiary/aromatic N) is 1. The second-order valence-electron chi connectivity index (χ2n) is 6.35. The van der Waals surface area contributed by atoms with Crippen LogP contribution in [0.2, 0.25) is 0 Å². The third kappa shape index (κ3) is 2.87. The molecule has 1 saturated heterocycles. The van der Waals surface area contributed by atoms with E-state index in [4.69, 9.17) is 5.11 Å². The molecule has 7 heteroatoms. The fourth-order valence-corrected chi connectivity index (χ4v) is 3.29. The molecule has 120 valence electrons. The summed E-state index contributed by atoms with van der Waals surface area (Å²) in [6.07, 6.45) is -2.23. The summed E-state index contributed by atoms with van der Waals surface area (Å²) in [4.78, 5) is 24.5. The number of hydrogen-bond donors (Lipinski definition) is 1. The molecule has 1 aliphatic carbocycles. The number of likely N-dealkylation sites (tertiary alicyclic amines) is 1. The van der Waals surface area contributed by atoms with E-state index in [0.717, 1.165) is 17.7 Å². The maximum absolute atomic E-state index is 13.1. The van der Waals surface area contributed by atoms with E-state index in [1.165, 1.54) is 0 Å². The van der Waals surface area contributed by atoms with Crippen LogP contribution in [0.15, 0.2) is 0 Å². The Balaban J connectivity index is 2.07. The largest absolute Gasteiger partial charge is 0.481 e. The van der Waals surface area contributed by atoms with Gasteiger partial charge in [0, 0.05) is 19.0 Å². The number of carboxylic acids is 1. The van der Waals surface area contributed by atoms with Crippen molar-refractivity contribution in [1.82, 2.24) is 4.90 Å². The van der Waals surface area contributed by atoms with Gasteiger partial charge in [-0.3, -0.25) is 9.59 Å². The number of halogens is 3. The highest BCUT2D eigenvalue weighted by Crippen LogP contribution is 2.46. The van der Waals surface area contributed by atoms with Gasteiger partial charge in [-0.2, -0.15) is 13.2 Å². The molecule has 0 aromatic rings. The molecular formula is C14H20F3NO3. The van der Waals surface area contributed by atoms with Crippen LogP contribution in [0.25, 0.3) is 0 Å². The zero-order valence-corrected chi connectivity index (χ0v) is 11.9. The van der Waals surface area contributed by atoms with Gasteiger partial charge in [0.05, 0.1) is 0 Å². The normalized spacial score (nSPS) is 34.0. The third-order valence-corrected chi connectivity index (χ3v) is 4.90. The monoisotopic (exact) mass is 307 g/mol. The van der Waals surface area contributed by atoms with Gasteiger partial charge in [0.2, 0.25) is 5.91 Å². The van der Waals surface area contributed by atoms with Crippen LogP contribution in [0.5, 0.6) is 0 Å². The van der Waals surface area contributed by atoms with Crippen LogP contribution in [0, 0.1) is 17.3 Å². The van der Waals surface area contributed by atoms with E-state index in [1.54, 1.807) is 0 Å². The Morgan fingerprint density at radius 3 is 2.19 bits per heavy atom. The molecule has 1 atom stereocenters. The highest BCUT2D eigenvalue weighted by molar-refractivity contribution is 5.82. The first kappa shape index (κ1) is 16.1. The van der Waals surface area contributed by atoms with E-state index in [2.05, 4.69) is 6.92 Å². The average Bonchev–Trinajstić information content (AvgIpc) is 2.84. The highest BCUT2D eigenvalue weighted by Gasteiger charge is 2.64. The minimum Gasteiger partial charge on any atom is -0.481 e. The van der Waals surface area contributed by atoms with Crippen molar-refractivity contribution in [3.05, 3.63) is 0 Å². The van der Waals surface area contributed by atoms with Crippen molar-refractivity contribution in [1.29, 1.82) is 0 Å². The molecule has 2 rings (SSSR count). The zero-order valence-electron chi connectivity index (χ0n) is 11.9. The van der Waals surface area contributed by atoms with E-state index in [1.807, 2.05) is 0 Å². The number of carbonyl (C=O) groups is 2. The van der Waals surface area contributed by atoms with E-state index in [0.29, 0.717) is 18.8 Å². The standard InChI is InChI=1S/C14H20F3NO3/c1-9-2-4-10(5-3-9)11(19)18-7-6-13(8-18,12(20)21)14(15,16)17/h9-10H,2-8H2,1H3,(H,20,21). The summed E-state index contributed by atoms with van der Waals surface area (Å²) in [7, 11) is 0. The summed E-state index contributed by atoms with van der Waals surface area (Å²) >= 11 is 0. The lowest BCUT2D eigenvalue weighted by molar-refractivity contribution is -0.227. The maximum Gasteiger partial charge on any atom is 0.406 e. The van der Waals surface area contributed by atoms with Gasteiger partial charge in [0.1, 0.15) is 0 Å². The summed E-state index contributed by atoms with van der Waals surface area (Å²) in [5.41, 5.74) is -2.80. The Hall–Kier alpha value is -1.27. The summed E-state index contributed by atoms with van der Waals surface area (Å²) in [6, 6.07) is 0. The molecule has 0 bridgehead atoms. The number of carboxylic acid groups (broad SMARTS) is 1. The molecule has 0 radical (unpaired) electrons. The van der Waals surface area contributed by atoms with Crippen molar-refractivity contribution < 1.29 is 27.9 Å². The number of amides is 1. The zero-order chi connectivity index (χ0) is 15.8. The van der Waals surface area contributed by atoms with E-state index >= 15 is 0 Å². The van der Waals surface area contributed by atoms with Crippen molar-refractivity contribution in [2.24, 2.45) is 17.3 Å². The maximum atomic E-state index is 13.1. The number of aliphatic carboxylic acids is 1. The van der Waals surface area contributed by atoms with Crippen LogP contribution < -0.4 is 0 Å². The quantitative estimate of drug-likeness (QED) is 0.853. The molecule has 1 aliphatic heterocycles. The van der Waals surface area contributed by atoms with Gasteiger partial charge < -0.3 is 10.0 Å². The SMILES string of the molecule is CC1CCC(C(=O)N2CCC(C(=O)O)(C(F)(F)F)C2)CC1. The van der Waals surface area contributed by atoms with Crippen LogP contribution in [-0.2, 0) is 9.59 Å². The third-order valence-electron chi connectivity index (χ3n) is 4.90. The second-order valence-corrected chi connectivity index (χ2v) is 6.35. The van der Waals surface area contributed by atoms with E-state index in [-0.39, 0.29) is 18.4 Å². The Labute approximate surface area is 121 Å². The first-order chi connectivity index (χ1) is 9.67. The number of carbonyl (C=O) groups excluding carboxylic acids is 1. The number of hydrogen-bond acceptors (Lipinski definition) is 2. The van der Waals surface area contributed by atoms with Gasteiger partial charge >= 0.3 is 12.1 Å². The Kier molecular flexibility index (Phi) is 4.22. The number of rotatable bonds is 2. The minimum atomic E-state index is -4.84. The smallest absolute Gasteiger partial charge is 0.406 e. The molecule has 1 saturated carbocycles. The molecule has 0 spiro atoms. The number of alkyl halides is 3. The van der Waals surface area contributed by atoms with Crippen LogP contribution >= 0.6 is 0 Å². The van der Waals surface area contributed by atoms with Crippen molar-refractivity contribution in [3.63, 3.8) is 0 Å². The van der Waals surface area contributed by atoms with Crippen molar-refractivity contribution >= 4 is 11.9 Å². The predicted octanol–water partition coefficient (Wildman–Crippen LogP) is 2.68. The molecule has 21 heavy (non-hydrogen) atoms. The van der Waals surface area contributed by atoms with E-state index in [9.17, 15) is 22.8 Å². The lowest BCUT2D eigenvalue weighted by atomic mass is 9.82. The summed E-state index contributed by atoms with van der Waals surface area (Å²) in [5, 5.41) is 8.99. The van der Waals surface area contributed by atoms with Crippen LogP contribution in [-0.4, -0.2) is 41.1 Å². The van der Waals surface area contributed by atoms with E-state index < -0.39 is 30.5 Å². The Morgan fingerprint density at radius 1 is 1.19 bits per heavy atom. The first-order valence-electron chi connectivity index (χ1n) is 7.26. The van der Waals surface area contributed by atoms with Crippen molar-refractivity contribution in [3.8, 4) is 0 Å². The summed E-state index contributed by atoms with van der Waals surface area (Å²) in [5.74, 6) is -1.91. The Morgan fingerprint density at radius 2 is 1.76 bits per heavy atom. The lowest BCUT2D eigenvalue weighted by Gasteiger charge is -2.31. The topological polar surface area (TPSA) is 57.6 Å². The van der Waals surface area contributed by atoms with Gasteiger partial charge in [0.25, 0.3) is 0 Å². The first-order valence-corrected chi connectivity index (χ1v) is 7.26. The van der Waals surface area contributed by atoms with Gasteiger partial charge in [0.15, 0.2) is 5.41 Å². The molecule has 0 aromatic carbocycles.